The van der Waals surface area contributed by atoms with E-state index in [1.807, 2.05) is 55.5 Å². The van der Waals surface area contributed by atoms with E-state index >= 15 is 0 Å². The van der Waals surface area contributed by atoms with Gasteiger partial charge in [-0.1, -0.05) is 72.8 Å². The van der Waals surface area contributed by atoms with E-state index in [0.717, 1.165) is 16.5 Å². The second-order valence-electron chi connectivity index (χ2n) is 6.29. The van der Waals surface area contributed by atoms with E-state index in [4.69, 9.17) is 4.74 Å². The van der Waals surface area contributed by atoms with Gasteiger partial charge >= 0.3 is 5.97 Å². The minimum absolute atomic E-state index is 0.340. The highest BCUT2D eigenvalue weighted by Gasteiger charge is 2.33. The number of hydrogen-bond acceptors (Lipinski definition) is 3. The fraction of sp³-hybridized carbons (Fsp3) is 0.182. The van der Waals surface area contributed by atoms with Crippen LogP contribution in [-0.4, -0.2) is 24.8 Å². The van der Waals surface area contributed by atoms with E-state index < -0.39 is 5.54 Å². The number of esters is 1. The number of nitrogens with zero attached hydrogens (tertiary/aromatic N) is 1. The van der Waals surface area contributed by atoms with Crippen molar-refractivity contribution in [3.05, 3.63) is 83.9 Å². The molecule has 25 heavy (non-hydrogen) atoms. The minimum atomic E-state index is -0.965. The zero-order chi connectivity index (χ0) is 17.7. The molecule has 0 heterocycles. The monoisotopic (exact) mass is 331 g/mol. The van der Waals surface area contributed by atoms with E-state index in [9.17, 15) is 4.79 Å². The molecule has 0 saturated carbocycles. The number of benzene rings is 3. The predicted molar refractivity (Wildman–Crippen MR) is 102 cm³/mol. The number of methoxy groups -OCH3 is 1. The van der Waals surface area contributed by atoms with Crippen LogP contribution in [0.4, 0.5) is 0 Å². The fourth-order valence-electron chi connectivity index (χ4n) is 2.89. The topological polar surface area (TPSA) is 38.7 Å². The largest absolute Gasteiger partial charge is 0.467 e. The Kier molecular flexibility index (Phi) is 4.94. The number of fused-ring (bicyclic) bond motifs is 1. The standard InChI is InChI=1S/C22H21NO2/c1-22(21(24)25-2,23-16-17-8-4-3-5-9-17)15-18-12-13-19-10-6-7-11-20(19)14-18/h3-14,16H,15H2,1-2H3. The summed E-state index contributed by atoms with van der Waals surface area (Å²) in [5, 5.41) is 2.33. The maximum atomic E-state index is 12.4. The van der Waals surface area contributed by atoms with Gasteiger partial charge < -0.3 is 4.74 Å². The Morgan fingerprint density at radius 2 is 1.68 bits per heavy atom. The summed E-state index contributed by atoms with van der Waals surface area (Å²) >= 11 is 0. The van der Waals surface area contributed by atoms with Gasteiger partial charge in [-0.05, 0) is 28.8 Å². The quantitative estimate of drug-likeness (QED) is 0.512. The number of ether oxygens (including phenoxy) is 1. The van der Waals surface area contributed by atoms with Gasteiger partial charge in [0, 0.05) is 12.6 Å². The first-order valence-electron chi connectivity index (χ1n) is 8.27. The number of aliphatic imine (C=N–C) groups is 1. The van der Waals surface area contributed by atoms with E-state index in [1.54, 1.807) is 6.21 Å². The maximum Gasteiger partial charge on any atom is 0.333 e. The summed E-state index contributed by atoms with van der Waals surface area (Å²) in [4.78, 5) is 17.0. The molecule has 3 aromatic rings. The molecule has 3 nitrogen and oxygen atoms in total. The lowest BCUT2D eigenvalue weighted by atomic mass is 9.92. The number of carbonyl (C=O) groups is 1. The van der Waals surface area contributed by atoms with Crippen molar-refractivity contribution < 1.29 is 9.53 Å². The van der Waals surface area contributed by atoms with Crippen molar-refractivity contribution >= 4 is 23.0 Å². The van der Waals surface area contributed by atoms with Crippen molar-refractivity contribution in [3.63, 3.8) is 0 Å². The first-order valence-corrected chi connectivity index (χ1v) is 8.27. The summed E-state index contributed by atoms with van der Waals surface area (Å²) in [7, 11) is 1.40. The molecule has 1 unspecified atom stereocenters. The maximum absolute atomic E-state index is 12.4. The zero-order valence-electron chi connectivity index (χ0n) is 14.5. The van der Waals surface area contributed by atoms with Crippen LogP contribution in [0, 0.1) is 0 Å². The zero-order valence-corrected chi connectivity index (χ0v) is 14.5. The van der Waals surface area contributed by atoms with Gasteiger partial charge in [0.25, 0.3) is 0 Å². The molecule has 0 bridgehead atoms. The van der Waals surface area contributed by atoms with Crippen LogP contribution in [0.2, 0.25) is 0 Å². The molecule has 0 aliphatic heterocycles. The number of hydrogen-bond donors (Lipinski definition) is 0. The summed E-state index contributed by atoms with van der Waals surface area (Å²) in [5.41, 5.74) is 1.04. The van der Waals surface area contributed by atoms with Crippen LogP contribution in [0.15, 0.2) is 77.8 Å². The number of rotatable bonds is 5. The molecule has 3 heteroatoms. The van der Waals surface area contributed by atoms with Gasteiger partial charge in [-0.15, -0.1) is 0 Å². The van der Waals surface area contributed by atoms with E-state index in [-0.39, 0.29) is 5.97 Å². The first-order chi connectivity index (χ1) is 12.1. The molecule has 0 aliphatic rings. The lowest BCUT2D eigenvalue weighted by Gasteiger charge is -2.22. The van der Waals surface area contributed by atoms with Crippen molar-refractivity contribution in [1.29, 1.82) is 0 Å². The van der Waals surface area contributed by atoms with E-state index in [2.05, 4.69) is 29.3 Å². The Morgan fingerprint density at radius 3 is 2.40 bits per heavy atom. The molecule has 0 N–H and O–H groups in total. The van der Waals surface area contributed by atoms with E-state index in [1.165, 1.54) is 12.5 Å². The van der Waals surface area contributed by atoms with Gasteiger partial charge in [-0.3, -0.25) is 4.99 Å². The van der Waals surface area contributed by atoms with Crippen LogP contribution >= 0.6 is 0 Å². The molecule has 0 aliphatic carbocycles. The Balaban J connectivity index is 1.91. The summed E-state index contributed by atoms with van der Waals surface area (Å²) in [5.74, 6) is -0.340. The third kappa shape index (κ3) is 3.94. The summed E-state index contributed by atoms with van der Waals surface area (Å²) in [6, 6.07) is 24.2. The predicted octanol–water partition coefficient (Wildman–Crippen LogP) is 4.43. The van der Waals surface area contributed by atoms with Crippen molar-refractivity contribution in [2.45, 2.75) is 18.9 Å². The third-order valence-corrected chi connectivity index (χ3v) is 4.29. The highest BCUT2D eigenvalue weighted by molar-refractivity contribution is 5.87. The molecule has 3 rings (SSSR count). The Bertz CT molecular complexity index is 902. The highest BCUT2D eigenvalue weighted by atomic mass is 16.5. The molecule has 0 aromatic heterocycles. The molecule has 0 fully saturated rings. The van der Waals surface area contributed by atoms with Crippen LogP contribution in [0.25, 0.3) is 10.8 Å². The first kappa shape index (κ1) is 16.9. The van der Waals surface area contributed by atoms with Crippen LogP contribution in [-0.2, 0) is 16.0 Å². The van der Waals surface area contributed by atoms with Crippen LogP contribution in [0.3, 0.4) is 0 Å². The Hall–Kier alpha value is -2.94. The highest BCUT2D eigenvalue weighted by Crippen LogP contribution is 2.23. The SMILES string of the molecule is COC(=O)C(C)(Cc1ccc2ccccc2c1)N=Cc1ccccc1. The van der Waals surface area contributed by atoms with E-state index in [0.29, 0.717) is 6.42 Å². The minimum Gasteiger partial charge on any atom is -0.467 e. The summed E-state index contributed by atoms with van der Waals surface area (Å²) in [6.45, 7) is 1.81. The van der Waals surface area contributed by atoms with Crippen molar-refractivity contribution in [2.75, 3.05) is 7.11 Å². The Labute approximate surface area is 148 Å². The van der Waals surface area contributed by atoms with Gasteiger partial charge in [0.15, 0.2) is 5.54 Å². The molecular formula is C22H21NO2. The molecule has 0 radical (unpaired) electrons. The smallest absolute Gasteiger partial charge is 0.333 e. The number of carbonyl (C=O) groups excluding carboxylic acids is 1. The molecule has 126 valence electrons. The van der Waals surface area contributed by atoms with Crippen LogP contribution < -0.4 is 0 Å². The van der Waals surface area contributed by atoms with Crippen molar-refractivity contribution in [3.8, 4) is 0 Å². The van der Waals surface area contributed by atoms with Gasteiger partial charge in [0.2, 0.25) is 0 Å². The van der Waals surface area contributed by atoms with Crippen LogP contribution in [0.1, 0.15) is 18.1 Å². The van der Waals surface area contributed by atoms with Crippen molar-refractivity contribution in [2.24, 2.45) is 4.99 Å². The lowest BCUT2D eigenvalue weighted by molar-refractivity contribution is -0.146. The van der Waals surface area contributed by atoms with Gasteiger partial charge in [-0.25, -0.2) is 4.79 Å². The molecular weight excluding hydrogens is 310 g/mol. The summed E-state index contributed by atoms with van der Waals surface area (Å²) < 4.78 is 5.01. The molecule has 3 aromatic carbocycles. The van der Waals surface area contributed by atoms with Gasteiger partial charge in [0.05, 0.1) is 7.11 Å². The molecule has 0 amide bonds. The second-order valence-corrected chi connectivity index (χ2v) is 6.29. The normalized spacial score (nSPS) is 13.7. The molecule has 1 atom stereocenters. The average Bonchev–Trinajstić information content (AvgIpc) is 2.66. The second kappa shape index (κ2) is 7.31. The Morgan fingerprint density at radius 1 is 1.00 bits per heavy atom. The van der Waals surface area contributed by atoms with Crippen LogP contribution in [0.5, 0.6) is 0 Å². The molecule has 0 saturated heterocycles. The van der Waals surface area contributed by atoms with Crippen molar-refractivity contribution in [1.82, 2.24) is 0 Å². The van der Waals surface area contributed by atoms with Gasteiger partial charge in [0.1, 0.15) is 0 Å². The third-order valence-electron chi connectivity index (χ3n) is 4.29. The molecule has 0 spiro atoms. The van der Waals surface area contributed by atoms with Gasteiger partial charge in [-0.2, -0.15) is 0 Å². The fourth-order valence-corrected chi connectivity index (χ4v) is 2.89. The summed E-state index contributed by atoms with van der Waals surface area (Å²) in [6.07, 6.45) is 2.21. The average molecular weight is 331 g/mol. The lowest BCUT2D eigenvalue weighted by Crippen LogP contribution is -2.37.